The summed E-state index contributed by atoms with van der Waals surface area (Å²) in [6, 6.07) is 15.7. The van der Waals surface area contributed by atoms with E-state index in [0.717, 1.165) is 33.1 Å². The maximum atomic E-state index is 12.2. The van der Waals surface area contributed by atoms with Gasteiger partial charge in [0.25, 0.3) is 5.91 Å². The molecule has 0 saturated carbocycles. The molecule has 0 bridgehead atoms. The van der Waals surface area contributed by atoms with Crippen molar-refractivity contribution in [2.75, 3.05) is 5.32 Å². The van der Waals surface area contributed by atoms with E-state index in [4.69, 9.17) is 4.98 Å². The first kappa shape index (κ1) is 15.5. The summed E-state index contributed by atoms with van der Waals surface area (Å²) in [5, 5.41) is 5.51. The number of benzene rings is 2. The smallest absolute Gasteiger partial charge is 0.275 e. The van der Waals surface area contributed by atoms with Crippen LogP contribution in [0.4, 0.5) is 5.69 Å². The van der Waals surface area contributed by atoms with E-state index in [1.807, 2.05) is 56.4 Å². The molecule has 0 aliphatic rings. The fourth-order valence-electron chi connectivity index (χ4n) is 2.77. The fraction of sp³-hybridized carbons (Fsp3) is 0.105. The molecule has 4 rings (SSSR count). The number of aryl methyl sites for hydroxylation is 2. The first-order valence-corrected chi connectivity index (χ1v) is 8.75. The summed E-state index contributed by atoms with van der Waals surface area (Å²) >= 11 is 1.46. The van der Waals surface area contributed by atoms with Crippen LogP contribution >= 0.6 is 11.3 Å². The van der Waals surface area contributed by atoms with E-state index in [9.17, 15) is 4.79 Å². The van der Waals surface area contributed by atoms with Gasteiger partial charge in [0.05, 0.1) is 16.0 Å². The van der Waals surface area contributed by atoms with Crippen molar-refractivity contribution >= 4 is 34.0 Å². The summed E-state index contributed by atoms with van der Waals surface area (Å²) in [5.41, 5.74) is 4.24. The van der Waals surface area contributed by atoms with E-state index in [2.05, 4.69) is 20.9 Å². The minimum atomic E-state index is -0.195. The third kappa shape index (κ3) is 2.92. The molecule has 0 aliphatic carbocycles. The van der Waals surface area contributed by atoms with Gasteiger partial charge in [0.15, 0.2) is 0 Å². The van der Waals surface area contributed by atoms with Gasteiger partial charge in [-0.3, -0.25) is 4.79 Å². The predicted octanol–water partition coefficient (Wildman–Crippen LogP) is 4.26. The number of rotatable bonds is 3. The van der Waals surface area contributed by atoms with Crippen molar-refractivity contribution in [3.05, 3.63) is 64.6 Å². The predicted molar refractivity (Wildman–Crippen MR) is 101 cm³/mol. The van der Waals surface area contributed by atoms with Crippen molar-refractivity contribution in [1.29, 1.82) is 0 Å². The SMILES string of the molecule is Cc1nc(C(=O)Nc2ccc(-c3nc4ccccc4n3C)cc2)cs1. The Kier molecular flexibility index (Phi) is 3.82. The van der Waals surface area contributed by atoms with Gasteiger partial charge in [-0.1, -0.05) is 12.1 Å². The summed E-state index contributed by atoms with van der Waals surface area (Å²) in [7, 11) is 2.00. The lowest BCUT2D eigenvalue weighted by Crippen LogP contribution is -2.12. The number of para-hydroxylation sites is 2. The van der Waals surface area contributed by atoms with E-state index in [1.165, 1.54) is 11.3 Å². The number of imidazole rings is 1. The van der Waals surface area contributed by atoms with Gasteiger partial charge >= 0.3 is 0 Å². The number of nitrogens with one attached hydrogen (secondary N) is 1. The lowest BCUT2D eigenvalue weighted by atomic mass is 10.2. The van der Waals surface area contributed by atoms with Crippen LogP contribution in [0.2, 0.25) is 0 Å². The quantitative estimate of drug-likeness (QED) is 0.602. The molecule has 0 atom stereocenters. The van der Waals surface area contributed by atoms with Crippen molar-refractivity contribution in [2.24, 2.45) is 7.05 Å². The number of fused-ring (bicyclic) bond motifs is 1. The third-order valence-corrected chi connectivity index (χ3v) is 4.81. The summed E-state index contributed by atoms with van der Waals surface area (Å²) in [6.07, 6.45) is 0. The van der Waals surface area contributed by atoms with Crippen LogP contribution in [-0.4, -0.2) is 20.4 Å². The van der Waals surface area contributed by atoms with Gasteiger partial charge in [-0.25, -0.2) is 9.97 Å². The molecule has 25 heavy (non-hydrogen) atoms. The molecule has 2 aromatic heterocycles. The first-order valence-electron chi connectivity index (χ1n) is 7.87. The average molecular weight is 348 g/mol. The molecule has 0 aliphatic heterocycles. The Balaban J connectivity index is 1.59. The average Bonchev–Trinajstić information content (AvgIpc) is 3.20. The van der Waals surface area contributed by atoms with Crippen molar-refractivity contribution < 1.29 is 4.79 Å². The van der Waals surface area contributed by atoms with Crippen molar-refractivity contribution in [3.8, 4) is 11.4 Å². The van der Waals surface area contributed by atoms with Crippen LogP contribution in [0.15, 0.2) is 53.9 Å². The molecule has 1 amide bonds. The van der Waals surface area contributed by atoms with Crippen LogP contribution in [0.1, 0.15) is 15.5 Å². The normalized spacial score (nSPS) is 11.0. The number of carbonyl (C=O) groups is 1. The highest BCUT2D eigenvalue weighted by molar-refractivity contribution is 7.09. The van der Waals surface area contributed by atoms with Crippen molar-refractivity contribution in [1.82, 2.24) is 14.5 Å². The highest BCUT2D eigenvalue weighted by Crippen LogP contribution is 2.25. The molecule has 0 radical (unpaired) electrons. The first-order chi connectivity index (χ1) is 12.1. The topological polar surface area (TPSA) is 59.8 Å². The van der Waals surface area contributed by atoms with Crippen molar-refractivity contribution in [2.45, 2.75) is 6.92 Å². The Bertz CT molecular complexity index is 1060. The zero-order chi connectivity index (χ0) is 17.4. The highest BCUT2D eigenvalue weighted by Gasteiger charge is 2.11. The molecule has 4 aromatic rings. The molecule has 2 aromatic carbocycles. The number of thiazole rings is 1. The van der Waals surface area contributed by atoms with Gasteiger partial charge in [-0.15, -0.1) is 11.3 Å². The Labute approximate surface area is 149 Å². The second-order valence-electron chi connectivity index (χ2n) is 5.77. The van der Waals surface area contributed by atoms with Crippen LogP contribution in [0, 0.1) is 6.92 Å². The molecule has 0 unspecified atom stereocenters. The minimum Gasteiger partial charge on any atom is -0.327 e. The molecule has 5 nitrogen and oxygen atoms in total. The number of amides is 1. The Morgan fingerprint density at radius 2 is 1.84 bits per heavy atom. The molecule has 0 spiro atoms. The lowest BCUT2D eigenvalue weighted by Gasteiger charge is -2.06. The zero-order valence-corrected chi connectivity index (χ0v) is 14.7. The number of aromatic nitrogens is 3. The zero-order valence-electron chi connectivity index (χ0n) is 13.9. The molecule has 1 N–H and O–H groups in total. The molecule has 6 heteroatoms. The third-order valence-electron chi connectivity index (χ3n) is 4.04. The van der Waals surface area contributed by atoms with Crippen LogP contribution in [0.3, 0.4) is 0 Å². The van der Waals surface area contributed by atoms with E-state index in [0.29, 0.717) is 5.69 Å². The molecule has 2 heterocycles. The standard InChI is InChI=1S/C19H16N4OS/c1-12-20-16(11-25-12)19(24)21-14-9-7-13(8-10-14)18-22-15-5-3-4-6-17(15)23(18)2/h3-11H,1-2H3,(H,21,24). The van der Waals surface area contributed by atoms with Gasteiger partial charge in [0, 0.05) is 23.7 Å². The molecular weight excluding hydrogens is 332 g/mol. The number of hydrogen-bond donors (Lipinski definition) is 1. The maximum absolute atomic E-state index is 12.2. The van der Waals surface area contributed by atoms with E-state index in [1.54, 1.807) is 5.38 Å². The molecular formula is C19H16N4OS. The van der Waals surface area contributed by atoms with E-state index in [-0.39, 0.29) is 5.91 Å². The Hall–Kier alpha value is -2.99. The Morgan fingerprint density at radius 3 is 2.52 bits per heavy atom. The largest absolute Gasteiger partial charge is 0.327 e. The summed E-state index contributed by atoms with van der Waals surface area (Å²) < 4.78 is 2.07. The van der Waals surface area contributed by atoms with Crippen LogP contribution in [-0.2, 0) is 7.05 Å². The van der Waals surface area contributed by atoms with Gasteiger partial charge in [0.2, 0.25) is 0 Å². The number of hydrogen-bond acceptors (Lipinski definition) is 4. The second-order valence-corrected chi connectivity index (χ2v) is 6.83. The number of nitrogens with zero attached hydrogens (tertiary/aromatic N) is 3. The van der Waals surface area contributed by atoms with Crippen LogP contribution in [0.5, 0.6) is 0 Å². The van der Waals surface area contributed by atoms with Crippen molar-refractivity contribution in [3.63, 3.8) is 0 Å². The second kappa shape index (κ2) is 6.14. The maximum Gasteiger partial charge on any atom is 0.275 e. The lowest BCUT2D eigenvalue weighted by molar-refractivity contribution is 0.102. The summed E-state index contributed by atoms with van der Waals surface area (Å²) in [6.45, 7) is 1.88. The monoisotopic (exact) mass is 348 g/mol. The van der Waals surface area contributed by atoms with E-state index >= 15 is 0 Å². The molecule has 0 saturated heterocycles. The molecule has 124 valence electrons. The molecule has 0 fully saturated rings. The summed E-state index contributed by atoms with van der Waals surface area (Å²) in [5.74, 6) is 0.703. The van der Waals surface area contributed by atoms with Gasteiger partial charge in [-0.2, -0.15) is 0 Å². The van der Waals surface area contributed by atoms with Gasteiger partial charge < -0.3 is 9.88 Å². The van der Waals surface area contributed by atoms with E-state index < -0.39 is 0 Å². The Morgan fingerprint density at radius 1 is 1.08 bits per heavy atom. The summed E-state index contributed by atoms with van der Waals surface area (Å²) in [4.78, 5) is 21.1. The minimum absolute atomic E-state index is 0.195. The van der Waals surface area contributed by atoms with Crippen LogP contribution in [0.25, 0.3) is 22.4 Å². The highest BCUT2D eigenvalue weighted by atomic mass is 32.1. The number of anilines is 1. The van der Waals surface area contributed by atoms with Gasteiger partial charge in [0.1, 0.15) is 11.5 Å². The van der Waals surface area contributed by atoms with Gasteiger partial charge in [-0.05, 0) is 43.3 Å². The number of carbonyl (C=O) groups excluding carboxylic acids is 1. The fourth-order valence-corrected chi connectivity index (χ4v) is 3.36. The van der Waals surface area contributed by atoms with Crippen LogP contribution < -0.4 is 5.32 Å².